The van der Waals surface area contributed by atoms with Gasteiger partial charge in [0.15, 0.2) is 0 Å². The van der Waals surface area contributed by atoms with Crippen molar-refractivity contribution in [2.75, 3.05) is 5.32 Å². The predicted molar refractivity (Wildman–Crippen MR) is 81.5 cm³/mol. The second-order valence-corrected chi connectivity index (χ2v) is 6.49. The molecule has 2 heterocycles. The van der Waals surface area contributed by atoms with Crippen LogP contribution in [0.25, 0.3) is 10.2 Å². The van der Waals surface area contributed by atoms with E-state index in [1.165, 1.54) is 4.88 Å². The lowest BCUT2D eigenvalue weighted by molar-refractivity contribution is -0.138. The number of nitrogens with one attached hydrogen (secondary N) is 1. The molecule has 0 aliphatic heterocycles. The molecule has 2 N–H and O–H groups in total. The van der Waals surface area contributed by atoms with Gasteiger partial charge in [0.05, 0.1) is 5.39 Å². The first-order valence-corrected chi connectivity index (χ1v) is 7.36. The lowest BCUT2D eigenvalue weighted by Crippen LogP contribution is -2.34. The van der Waals surface area contributed by atoms with E-state index < -0.39 is 12.0 Å². The molecule has 0 aliphatic rings. The van der Waals surface area contributed by atoms with Crippen LogP contribution in [0.1, 0.15) is 30.1 Å². The molecule has 108 valence electrons. The molecule has 0 aromatic carbocycles. The third kappa shape index (κ3) is 2.60. The summed E-state index contributed by atoms with van der Waals surface area (Å²) in [7, 11) is 0. The van der Waals surface area contributed by atoms with Gasteiger partial charge in [-0.2, -0.15) is 0 Å². The Morgan fingerprint density at radius 1 is 1.25 bits per heavy atom. The Bertz CT molecular complexity index is 664. The summed E-state index contributed by atoms with van der Waals surface area (Å²) in [6.07, 6.45) is 0. The summed E-state index contributed by atoms with van der Waals surface area (Å²) in [6.45, 7) is 9.63. The van der Waals surface area contributed by atoms with E-state index in [4.69, 9.17) is 0 Å². The first-order chi connectivity index (χ1) is 9.31. The highest BCUT2D eigenvalue weighted by Gasteiger charge is 2.24. The maximum atomic E-state index is 11.4. The molecule has 2 rings (SSSR count). The minimum absolute atomic E-state index is 0.0298. The van der Waals surface area contributed by atoms with Gasteiger partial charge in [-0.1, -0.05) is 13.8 Å². The van der Waals surface area contributed by atoms with E-state index in [0.29, 0.717) is 11.6 Å². The van der Waals surface area contributed by atoms with E-state index in [2.05, 4.69) is 15.3 Å². The van der Waals surface area contributed by atoms with Crippen LogP contribution in [0.15, 0.2) is 0 Å². The molecule has 0 fully saturated rings. The zero-order valence-electron chi connectivity index (χ0n) is 12.3. The molecule has 0 unspecified atom stereocenters. The lowest BCUT2D eigenvalue weighted by Gasteiger charge is -2.19. The van der Waals surface area contributed by atoms with Crippen molar-refractivity contribution in [1.82, 2.24) is 9.97 Å². The van der Waals surface area contributed by atoms with E-state index >= 15 is 0 Å². The molecular weight excluding hydrogens is 274 g/mol. The third-order valence-electron chi connectivity index (χ3n) is 3.37. The highest BCUT2D eigenvalue weighted by Crippen LogP contribution is 2.33. The van der Waals surface area contributed by atoms with Gasteiger partial charge in [-0.25, -0.2) is 14.8 Å². The van der Waals surface area contributed by atoms with E-state index in [0.717, 1.165) is 15.8 Å². The number of carbonyl (C=O) groups is 1. The number of aryl methyl sites for hydroxylation is 3. The van der Waals surface area contributed by atoms with Crippen LogP contribution < -0.4 is 5.32 Å². The van der Waals surface area contributed by atoms with E-state index in [1.54, 1.807) is 11.3 Å². The fourth-order valence-corrected chi connectivity index (χ4v) is 3.20. The molecule has 0 radical (unpaired) electrons. The van der Waals surface area contributed by atoms with Crippen molar-refractivity contribution in [2.24, 2.45) is 5.92 Å². The van der Waals surface area contributed by atoms with Gasteiger partial charge in [0.25, 0.3) is 0 Å². The maximum absolute atomic E-state index is 11.4. The summed E-state index contributed by atoms with van der Waals surface area (Å²) in [5, 5.41) is 13.3. The van der Waals surface area contributed by atoms with E-state index in [-0.39, 0.29) is 5.92 Å². The standard InChI is InChI=1S/C14H19N3O2S/c1-6(2)11(14(18)19)17-12-10-7(3)8(4)20-13(10)16-9(5)15-12/h6,11H,1-5H3,(H,18,19)(H,15,16,17)/t11-/m1/s1. The molecule has 2 aromatic heterocycles. The van der Waals surface area contributed by atoms with Gasteiger partial charge >= 0.3 is 5.97 Å². The molecular formula is C14H19N3O2S. The minimum Gasteiger partial charge on any atom is -0.480 e. The molecule has 0 aliphatic carbocycles. The minimum atomic E-state index is -0.867. The number of carboxylic acid groups (broad SMARTS) is 1. The van der Waals surface area contributed by atoms with Gasteiger partial charge in [0.2, 0.25) is 0 Å². The molecule has 1 atom stereocenters. The van der Waals surface area contributed by atoms with Crippen LogP contribution >= 0.6 is 11.3 Å². The summed E-state index contributed by atoms with van der Waals surface area (Å²) in [6, 6.07) is -0.660. The summed E-state index contributed by atoms with van der Waals surface area (Å²) in [4.78, 5) is 22.3. The Labute approximate surface area is 122 Å². The first-order valence-electron chi connectivity index (χ1n) is 6.55. The molecule has 5 nitrogen and oxygen atoms in total. The second kappa shape index (κ2) is 5.36. The van der Waals surface area contributed by atoms with Crippen LogP contribution in [0.3, 0.4) is 0 Å². The zero-order valence-corrected chi connectivity index (χ0v) is 13.1. The Morgan fingerprint density at radius 2 is 1.90 bits per heavy atom. The van der Waals surface area contributed by atoms with E-state index in [1.807, 2.05) is 34.6 Å². The molecule has 0 bridgehead atoms. The summed E-state index contributed by atoms with van der Waals surface area (Å²) < 4.78 is 0. The van der Waals surface area contributed by atoms with Crippen LogP contribution in [-0.4, -0.2) is 27.1 Å². The molecule has 0 spiro atoms. The van der Waals surface area contributed by atoms with Crippen LogP contribution in [0.4, 0.5) is 5.82 Å². The molecule has 6 heteroatoms. The SMILES string of the molecule is Cc1nc(N[C@@H](C(=O)O)C(C)C)c2c(C)c(C)sc2n1. The number of aromatic nitrogens is 2. The number of aliphatic carboxylic acids is 1. The fraction of sp³-hybridized carbons (Fsp3) is 0.500. The molecule has 0 amide bonds. The normalized spacial score (nSPS) is 12.9. The van der Waals surface area contributed by atoms with Gasteiger partial charge in [-0.15, -0.1) is 11.3 Å². The summed E-state index contributed by atoms with van der Waals surface area (Å²) >= 11 is 1.61. The van der Waals surface area contributed by atoms with Crippen LogP contribution in [-0.2, 0) is 4.79 Å². The van der Waals surface area contributed by atoms with Crippen molar-refractivity contribution >= 4 is 33.3 Å². The number of thiophene rings is 1. The monoisotopic (exact) mass is 293 g/mol. The summed E-state index contributed by atoms with van der Waals surface area (Å²) in [5.74, 6) is 0.372. The van der Waals surface area contributed by atoms with Crippen molar-refractivity contribution in [1.29, 1.82) is 0 Å². The van der Waals surface area contributed by atoms with Crippen molar-refractivity contribution in [2.45, 2.75) is 40.7 Å². The van der Waals surface area contributed by atoms with Crippen LogP contribution in [0.5, 0.6) is 0 Å². The number of hydrogen-bond acceptors (Lipinski definition) is 5. The number of nitrogens with zero attached hydrogens (tertiary/aromatic N) is 2. The average molecular weight is 293 g/mol. The van der Waals surface area contributed by atoms with Crippen molar-refractivity contribution in [3.05, 3.63) is 16.3 Å². The Balaban J connectivity index is 2.55. The maximum Gasteiger partial charge on any atom is 0.326 e. The number of anilines is 1. The van der Waals surface area contributed by atoms with Crippen LogP contribution in [0.2, 0.25) is 0 Å². The first kappa shape index (κ1) is 14.7. The number of fused-ring (bicyclic) bond motifs is 1. The second-order valence-electron chi connectivity index (χ2n) is 5.29. The molecule has 20 heavy (non-hydrogen) atoms. The highest BCUT2D eigenvalue weighted by atomic mass is 32.1. The molecule has 0 saturated carbocycles. The average Bonchev–Trinajstić information content (AvgIpc) is 2.60. The Hall–Kier alpha value is -1.69. The van der Waals surface area contributed by atoms with Crippen molar-refractivity contribution < 1.29 is 9.90 Å². The Kier molecular flexibility index (Phi) is 3.94. The number of carboxylic acids is 1. The quantitative estimate of drug-likeness (QED) is 0.905. The van der Waals surface area contributed by atoms with E-state index in [9.17, 15) is 9.90 Å². The number of rotatable bonds is 4. The topological polar surface area (TPSA) is 75.1 Å². The lowest BCUT2D eigenvalue weighted by atomic mass is 10.0. The van der Waals surface area contributed by atoms with Gasteiger partial charge < -0.3 is 10.4 Å². The van der Waals surface area contributed by atoms with Gasteiger partial charge in [0.1, 0.15) is 22.5 Å². The van der Waals surface area contributed by atoms with Gasteiger partial charge in [-0.05, 0) is 32.3 Å². The molecule has 2 aromatic rings. The van der Waals surface area contributed by atoms with Crippen molar-refractivity contribution in [3.8, 4) is 0 Å². The summed E-state index contributed by atoms with van der Waals surface area (Å²) in [5.41, 5.74) is 1.11. The fourth-order valence-electron chi connectivity index (χ4n) is 2.12. The highest BCUT2D eigenvalue weighted by molar-refractivity contribution is 7.18. The van der Waals surface area contributed by atoms with Crippen LogP contribution in [0, 0.1) is 26.7 Å². The third-order valence-corrected chi connectivity index (χ3v) is 4.47. The zero-order chi connectivity index (χ0) is 15.0. The van der Waals surface area contributed by atoms with Gasteiger partial charge in [0, 0.05) is 4.88 Å². The predicted octanol–water partition coefficient (Wildman–Crippen LogP) is 3.14. The largest absolute Gasteiger partial charge is 0.480 e. The van der Waals surface area contributed by atoms with Crippen molar-refractivity contribution in [3.63, 3.8) is 0 Å². The Morgan fingerprint density at radius 3 is 2.45 bits per heavy atom. The molecule has 0 saturated heterocycles. The van der Waals surface area contributed by atoms with Gasteiger partial charge in [-0.3, -0.25) is 0 Å². The smallest absolute Gasteiger partial charge is 0.326 e. The number of hydrogen-bond donors (Lipinski definition) is 2.